The number of rotatable bonds is 2. The second-order valence-electron chi connectivity index (χ2n) is 3.73. The molecule has 2 aromatic heterocycles. The van der Waals surface area contributed by atoms with E-state index in [0.717, 1.165) is 23.8 Å². The summed E-state index contributed by atoms with van der Waals surface area (Å²) in [6.07, 6.45) is 1.47. The summed E-state index contributed by atoms with van der Waals surface area (Å²) in [6, 6.07) is 0. The van der Waals surface area contributed by atoms with Crippen LogP contribution in [0.25, 0.3) is 11.6 Å². The zero-order chi connectivity index (χ0) is 11.1. The SMILES string of the molecule is CCn1c(-c2ncn[nH]2)nc2c1CN(O)C2. The molecule has 0 radical (unpaired) electrons. The minimum atomic E-state index is 0.476. The maximum atomic E-state index is 9.43. The zero-order valence-corrected chi connectivity index (χ0v) is 8.88. The highest BCUT2D eigenvalue weighted by Gasteiger charge is 2.26. The Morgan fingerprint density at radius 1 is 1.50 bits per heavy atom. The van der Waals surface area contributed by atoms with Crippen molar-refractivity contribution >= 4 is 0 Å². The molecule has 0 aromatic carbocycles. The summed E-state index contributed by atoms with van der Waals surface area (Å²) in [5, 5.41) is 17.3. The molecule has 1 aliphatic heterocycles. The molecule has 16 heavy (non-hydrogen) atoms. The highest BCUT2D eigenvalue weighted by atomic mass is 16.5. The Labute approximate surface area is 91.7 Å². The van der Waals surface area contributed by atoms with E-state index in [2.05, 4.69) is 20.2 Å². The van der Waals surface area contributed by atoms with Crippen molar-refractivity contribution < 1.29 is 5.21 Å². The van der Waals surface area contributed by atoms with Gasteiger partial charge < -0.3 is 9.77 Å². The second-order valence-corrected chi connectivity index (χ2v) is 3.73. The lowest BCUT2D eigenvalue weighted by Crippen LogP contribution is -2.13. The van der Waals surface area contributed by atoms with Gasteiger partial charge in [0.05, 0.1) is 24.5 Å². The number of fused-ring (bicyclic) bond motifs is 1. The number of H-pyrrole nitrogens is 1. The molecule has 3 heterocycles. The summed E-state index contributed by atoms with van der Waals surface area (Å²) in [7, 11) is 0. The van der Waals surface area contributed by atoms with Gasteiger partial charge in [0.25, 0.3) is 0 Å². The molecule has 0 saturated carbocycles. The van der Waals surface area contributed by atoms with Crippen LogP contribution in [-0.4, -0.2) is 35.0 Å². The molecule has 7 nitrogen and oxygen atoms in total. The molecule has 0 fully saturated rings. The van der Waals surface area contributed by atoms with E-state index in [1.165, 1.54) is 11.4 Å². The van der Waals surface area contributed by atoms with Gasteiger partial charge in [-0.25, -0.2) is 9.97 Å². The van der Waals surface area contributed by atoms with E-state index in [1.54, 1.807) is 0 Å². The van der Waals surface area contributed by atoms with Gasteiger partial charge >= 0.3 is 0 Å². The molecule has 2 N–H and O–H groups in total. The Balaban J connectivity index is 2.12. The molecular formula is C9H12N6O. The molecule has 7 heteroatoms. The van der Waals surface area contributed by atoms with Crippen LogP contribution in [0.5, 0.6) is 0 Å². The predicted molar refractivity (Wildman–Crippen MR) is 54.3 cm³/mol. The number of nitrogens with zero attached hydrogens (tertiary/aromatic N) is 5. The first-order chi connectivity index (χ1) is 7.79. The quantitative estimate of drug-likeness (QED) is 0.765. The standard InChI is InChI=1S/C9H12N6O/c1-2-15-7-4-14(16)3-6(7)12-9(15)8-10-5-11-13-8/h5,16H,2-4H2,1H3,(H,10,11,13). The van der Waals surface area contributed by atoms with Crippen LogP contribution in [0.4, 0.5) is 0 Å². The monoisotopic (exact) mass is 220 g/mol. The van der Waals surface area contributed by atoms with E-state index in [-0.39, 0.29) is 0 Å². The van der Waals surface area contributed by atoms with E-state index in [0.29, 0.717) is 18.9 Å². The molecule has 3 rings (SSSR count). The van der Waals surface area contributed by atoms with Gasteiger partial charge in [0.2, 0.25) is 0 Å². The molecule has 0 bridgehead atoms. The van der Waals surface area contributed by atoms with Gasteiger partial charge in [-0.05, 0) is 6.92 Å². The van der Waals surface area contributed by atoms with Crippen LogP contribution in [0.3, 0.4) is 0 Å². The van der Waals surface area contributed by atoms with Crippen molar-refractivity contribution in [1.82, 2.24) is 29.8 Å². The fourth-order valence-electron chi connectivity index (χ4n) is 2.08. The molecule has 0 spiro atoms. The fraction of sp³-hybridized carbons (Fsp3) is 0.444. The van der Waals surface area contributed by atoms with Crippen molar-refractivity contribution in [3.63, 3.8) is 0 Å². The van der Waals surface area contributed by atoms with Crippen LogP contribution in [-0.2, 0) is 19.6 Å². The number of hydroxylamine groups is 2. The summed E-state index contributed by atoms with van der Waals surface area (Å²) in [4.78, 5) is 8.58. The van der Waals surface area contributed by atoms with E-state index in [4.69, 9.17) is 0 Å². The average molecular weight is 220 g/mol. The second kappa shape index (κ2) is 3.39. The Morgan fingerprint density at radius 3 is 3.06 bits per heavy atom. The molecule has 1 aliphatic rings. The smallest absolute Gasteiger partial charge is 0.191 e. The van der Waals surface area contributed by atoms with Crippen molar-refractivity contribution in [2.75, 3.05) is 0 Å². The Kier molecular flexibility index (Phi) is 2.01. The molecule has 2 aromatic rings. The van der Waals surface area contributed by atoms with E-state index >= 15 is 0 Å². The molecule has 0 saturated heterocycles. The highest BCUT2D eigenvalue weighted by molar-refractivity contribution is 5.46. The third-order valence-corrected chi connectivity index (χ3v) is 2.76. The molecular weight excluding hydrogens is 208 g/mol. The third kappa shape index (κ3) is 1.25. The van der Waals surface area contributed by atoms with Gasteiger partial charge in [-0.2, -0.15) is 10.2 Å². The number of aromatic nitrogens is 5. The highest BCUT2D eigenvalue weighted by Crippen LogP contribution is 2.25. The average Bonchev–Trinajstić information content (AvgIpc) is 2.90. The van der Waals surface area contributed by atoms with E-state index in [1.807, 2.05) is 11.5 Å². The van der Waals surface area contributed by atoms with Crippen LogP contribution in [0.1, 0.15) is 18.3 Å². The maximum absolute atomic E-state index is 9.43. The van der Waals surface area contributed by atoms with Gasteiger partial charge in [-0.3, -0.25) is 5.10 Å². The predicted octanol–water partition coefficient (Wildman–Crippen LogP) is 0.393. The maximum Gasteiger partial charge on any atom is 0.191 e. The third-order valence-electron chi connectivity index (χ3n) is 2.76. The van der Waals surface area contributed by atoms with E-state index in [9.17, 15) is 5.21 Å². The molecule has 0 atom stereocenters. The summed E-state index contributed by atoms with van der Waals surface area (Å²) in [5.74, 6) is 1.46. The van der Waals surface area contributed by atoms with Gasteiger partial charge in [-0.1, -0.05) is 0 Å². The molecule has 0 amide bonds. The topological polar surface area (TPSA) is 82.9 Å². The Hall–Kier alpha value is -1.73. The lowest BCUT2D eigenvalue weighted by Gasteiger charge is -2.08. The number of imidazole rings is 1. The van der Waals surface area contributed by atoms with Gasteiger partial charge in [0, 0.05) is 6.54 Å². The largest absolute Gasteiger partial charge is 0.324 e. The fourth-order valence-corrected chi connectivity index (χ4v) is 2.08. The molecule has 84 valence electrons. The summed E-state index contributed by atoms with van der Waals surface area (Å²) >= 11 is 0. The minimum Gasteiger partial charge on any atom is -0.324 e. The Bertz CT molecular complexity index is 502. The van der Waals surface area contributed by atoms with Crippen LogP contribution in [0.15, 0.2) is 6.33 Å². The number of aromatic amines is 1. The number of hydrogen-bond acceptors (Lipinski definition) is 5. The summed E-state index contributed by atoms with van der Waals surface area (Å²) in [5.41, 5.74) is 1.96. The van der Waals surface area contributed by atoms with Crippen LogP contribution >= 0.6 is 0 Å². The zero-order valence-electron chi connectivity index (χ0n) is 8.88. The van der Waals surface area contributed by atoms with E-state index < -0.39 is 0 Å². The lowest BCUT2D eigenvalue weighted by atomic mass is 10.4. The Morgan fingerprint density at radius 2 is 2.38 bits per heavy atom. The van der Waals surface area contributed by atoms with Crippen molar-refractivity contribution in [2.45, 2.75) is 26.6 Å². The van der Waals surface area contributed by atoms with Gasteiger partial charge in [-0.15, -0.1) is 0 Å². The first-order valence-corrected chi connectivity index (χ1v) is 5.17. The van der Waals surface area contributed by atoms with Gasteiger partial charge in [0.15, 0.2) is 11.6 Å². The normalized spacial score (nSPS) is 15.6. The van der Waals surface area contributed by atoms with Gasteiger partial charge in [0.1, 0.15) is 6.33 Å². The summed E-state index contributed by atoms with van der Waals surface area (Å²) in [6.45, 7) is 3.84. The molecule has 0 aliphatic carbocycles. The number of nitrogens with one attached hydrogen (secondary N) is 1. The van der Waals surface area contributed by atoms with Crippen LogP contribution in [0.2, 0.25) is 0 Å². The van der Waals surface area contributed by atoms with Crippen molar-refractivity contribution in [2.24, 2.45) is 0 Å². The first kappa shape index (κ1) is 9.49. The van der Waals surface area contributed by atoms with Crippen molar-refractivity contribution in [3.05, 3.63) is 17.7 Å². The van der Waals surface area contributed by atoms with Crippen molar-refractivity contribution in [1.29, 1.82) is 0 Å². The van der Waals surface area contributed by atoms with Crippen molar-refractivity contribution in [3.8, 4) is 11.6 Å². The van der Waals surface area contributed by atoms with Crippen LogP contribution < -0.4 is 0 Å². The molecule has 0 unspecified atom stereocenters. The van der Waals surface area contributed by atoms with Crippen LogP contribution in [0, 0.1) is 0 Å². The minimum absolute atomic E-state index is 0.476. The lowest BCUT2D eigenvalue weighted by molar-refractivity contribution is -0.0985. The number of hydrogen-bond donors (Lipinski definition) is 2. The summed E-state index contributed by atoms with van der Waals surface area (Å²) < 4.78 is 2.05. The first-order valence-electron chi connectivity index (χ1n) is 5.17.